The number of alkyl halides is 3. The van der Waals surface area contributed by atoms with Crippen molar-refractivity contribution >= 4 is 11.6 Å². The molecule has 1 aromatic carbocycles. The van der Waals surface area contributed by atoms with Gasteiger partial charge in [-0.2, -0.15) is 13.2 Å². The minimum atomic E-state index is -4.43. The summed E-state index contributed by atoms with van der Waals surface area (Å²) in [5.74, 6) is 0. The van der Waals surface area contributed by atoms with E-state index in [2.05, 4.69) is 6.92 Å². The first kappa shape index (κ1) is 15.3. The van der Waals surface area contributed by atoms with Gasteiger partial charge in [-0.3, -0.25) is 0 Å². The predicted octanol–water partition coefficient (Wildman–Crippen LogP) is 4.94. The maximum absolute atomic E-state index is 12.7. The minimum Gasteiger partial charge on any atom is -0.324 e. The second-order valence-corrected chi connectivity index (χ2v) is 4.69. The van der Waals surface area contributed by atoms with Gasteiger partial charge < -0.3 is 5.73 Å². The Hall–Kier alpha value is -0.740. The van der Waals surface area contributed by atoms with Gasteiger partial charge in [0.15, 0.2) is 0 Å². The smallest absolute Gasteiger partial charge is 0.324 e. The number of halogens is 4. The second-order valence-electron chi connectivity index (χ2n) is 4.31. The van der Waals surface area contributed by atoms with Gasteiger partial charge in [0.1, 0.15) is 0 Å². The third-order valence-corrected chi connectivity index (χ3v) is 3.27. The maximum atomic E-state index is 12.7. The van der Waals surface area contributed by atoms with E-state index in [0.717, 1.165) is 25.3 Å². The fourth-order valence-electron chi connectivity index (χ4n) is 1.82. The molecule has 0 bridgehead atoms. The van der Waals surface area contributed by atoms with Gasteiger partial charge >= 0.3 is 6.18 Å². The Labute approximate surface area is 110 Å². The summed E-state index contributed by atoms with van der Waals surface area (Å²) >= 11 is 5.80. The predicted molar refractivity (Wildman–Crippen MR) is 67.5 cm³/mol. The van der Waals surface area contributed by atoms with Gasteiger partial charge in [0.2, 0.25) is 0 Å². The van der Waals surface area contributed by atoms with Crippen molar-refractivity contribution in [2.24, 2.45) is 5.73 Å². The lowest BCUT2D eigenvalue weighted by Crippen LogP contribution is -2.14. The summed E-state index contributed by atoms with van der Waals surface area (Å²) < 4.78 is 38.0. The molecule has 0 amide bonds. The number of hydrogen-bond donors (Lipinski definition) is 1. The highest BCUT2D eigenvalue weighted by atomic mass is 35.5. The van der Waals surface area contributed by atoms with Gasteiger partial charge in [0.05, 0.1) is 10.6 Å². The first-order valence-corrected chi connectivity index (χ1v) is 6.37. The molecule has 0 spiro atoms. The van der Waals surface area contributed by atoms with Crippen molar-refractivity contribution in [1.82, 2.24) is 0 Å². The maximum Gasteiger partial charge on any atom is 0.417 e. The zero-order valence-corrected chi connectivity index (χ0v) is 11.0. The van der Waals surface area contributed by atoms with Crippen LogP contribution in [0.25, 0.3) is 0 Å². The molecule has 5 heteroatoms. The van der Waals surface area contributed by atoms with Gasteiger partial charge in [-0.05, 0) is 18.1 Å². The van der Waals surface area contributed by atoms with Crippen molar-refractivity contribution in [2.75, 3.05) is 0 Å². The molecule has 0 aliphatic rings. The van der Waals surface area contributed by atoms with Crippen LogP contribution in [0.3, 0.4) is 0 Å². The summed E-state index contributed by atoms with van der Waals surface area (Å²) in [5, 5.41) is -0.269. The average molecular weight is 280 g/mol. The Morgan fingerprint density at radius 3 is 2.50 bits per heavy atom. The van der Waals surface area contributed by atoms with Crippen molar-refractivity contribution in [2.45, 2.75) is 44.8 Å². The molecule has 18 heavy (non-hydrogen) atoms. The lowest BCUT2D eigenvalue weighted by atomic mass is 9.99. The fourth-order valence-corrected chi connectivity index (χ4v) is 2.20. The quantitative estimate of drug-likeness (QED) is 0.759. The van der Waals surface area contributed by atoms with Gasteiger partial charge in [0.25, 0.3) is 0 Å². The van der Waals surface area contributed by atoms with Gasteiger partial charge in [-0.1, -0.05) is 49.9 Å². The van der Waals surface area contributed by atoms with Crippen molar-refractivity contribution in [3.8, 4) is 0 Å². The van der Waals surface area contributed by atoms with E-state index in [1.807, 2.05) is 0 Å². The van der Waals surface area contributed by atoms with Gasteiger partial charge in [-0.25, -0.2) is 0 Å². The van der Waals surface area contributed by atoms with Crippen LogP contribution in [0, 0.1) is 0 Å². The Morgan fingerprint density at radius 1 is 1.28 bits per heavy atom. The summed E-state index contributed by atoms with van der Waals surface area (Å²) in [5.41, 5.74) is 5.46. The van der Waals surface area contributed by atoms with E-state index in [9.17, 15) is 13.2 Å². The topological polar surface area (TPSA) is 26.0 Å². The molecule has 1 aromatic rings. The summed E-state index contributed by atoms with van der Waals surface area (Å²) in [4.78, 5) is 0. The normalized spacial score (nSPS) is 13.7. The molecule has 0 unspecified atom stereocenters. The first-order valence-electron chi connectivity index (χ1n) is 5.99. The third-order valence-electron chi connectivity index (χ3n) is 2.85. The van der Waals surface area contributed by atoms with Crippen LogP contribution < -0.4 is 5.73 Å². The molecular weight excluding hydrogens is 263 g/mol. The molecule has 1 atom stereocenters. The SMILES string of the molecule is CCCCC[C@@H](N)c1cccc(C(F)(F)F)c1Cl. The van der Waals surface area contributed by atoms with Crippen molar-refractivity contribution in [1.29, 1.82) is 0 Å². The molecule has 0 radical (unpaired) electrons. The molecule has 0 aromatic heterocycles. The molecule has 0 aliphatic heterocycles. The van der Waals surface area contributed by atoms with Crippen molar-refractivity contribution in [3.63, 3.8) is 0 Å². The largest absolute Gasteiger partial charge is 0.417 e. The summed E-state index contributed by atoms with van der Waals surface area (Å²) in [6.45, 7) is 2.06. The van der Waals surface area contributed by atoms with Crippen LogP contribution >= 0.6 is 11.6 Å². The summed E-state index contributed by atoms with van der Waals surface area (Å²) in [6, 6.07) is 3.45. The highest BCUT2D eigenvalue weighted by Crippen LogP contribution is 2.38. The van der Waals surface area contributed by atoms with Crippen LogP contribution in [-0.4, -0.2) is 0 Å². The van der Waals surface area contributed by atoms with Crippen LogP contribution in [0.1, 0.15) is 49.8 Å². The molecule has 1 rings (SSSR count). The second kappa shape index (κ2) is 6.43. The number of unbranched alkanes of at least 4 members (excludes halogenated alkanes) is 2. The highest BCUT2D eigenvalue weighted by molar-refractivity contribution is 6.32. The van der Waals surface area contributed by atoms with Crippen LogP contribution in [0.4, 0.5) is 13.2 Å². The summed E-state index contributed by atoms with van der Waals surface area (Å²) in [6.07, 6.45) is -0.831. The van der Waals surface area contributed by atoms with Crippen LogP contribution in [-0.2, 0) is 6.18 Å². The third kappa shape index (κ3) is 3.89. The highest BCUT2D eigenvalue weighted by Gasteiger charge is 2.34. The van der Waals surface area contributed by atoms with Gasteiger partial charge in [-0.15, -0.1) is 0 Å². The summed E-state index contributed by atoms with van der Waals surface area (Å²) in [7, 11) is 0. The first-order chi connectivity index (χ1) is 8.38. The number of benzene rings is 1. The molecule has 1 nitrogen and oxygen atoms in total. The van der Waals surface area contributed by atoms with E-state index in [1.165, 1.54) is 6.07 Å². The molecule has 0 saturated heterocycles. The Morgan fingerprint density at radius 2 is 1.94 bits per heavy atom. The Balaban J connectivity index is 2.90. The zero-order valence-electron chi connectivity index (χ0n) is 10.2. The van der Waals surface area contributed by atoms with Crippen LogP contribution in [0.15, 0.2) is 18.2 Å². The lowest BCUT2D eigenvalue weighted by Gasteiger charge is -2.17. The zero-order chi connectivity index (χ0) is 13.8. The number of nitrogens with two attached hydrogens (primary N) is 1. The van der Waals surface area contributed by atoms with E-state index < -0.39 is 17.8 Å². The van der Waals surface area contributed by atoms with E-state index in [1.54, 1.807) is 6.07 Å². The van der Waals surface area contributed by atoms with E-state index >= 15 is 0 Å². The van der Waals surface area contributed by atoms with Crippen LogP contribution in [0.2, 0.25) is 5.02 Å². The van der Waals surface area contributed by atoms with Crippen LogP contribution in [0.5, 0.6) is 0 Å². The fraction of sp³-hybridized carbons (Fsp3) is 0.538. The molecule has 0 saturated carbocycles. The molecule has 2 N–H and O–H groups in total. The monoisotopic (exact) mass is 279 g/mol. The van der Waals surface area contributed by atoms with Crippen molar-refractivity contribution in [3.05, 3.63) is 34.3 Å². The molecule has 0 heterocycles. The van der Waals surface area contributed by atoms with Crippen molar-refractivity contribution < 1.29 is 13.2 Å². The molecule has 0 aliphatic carbocycles. The van der Waals surface area contributed by atoms with E-state index in [0.29, 0.717) is 12.0 Å². The Bertz CT molecular complexity index is 390. The average Bonchev–Trinajstić information content (AvgIpc) is 2.28. The number of rotatable bonds is 5. The van der Waals surface area contributed by atoms with E-state index in [-0.39, 0.29) is 5.02 Å². The minimum absolute atomic E-state index is 0.269. The lowest BCUT2D eigenvalue weighted by molar-refractivity contribution is -0.137. The molecular formula is C13H17ClF3N. The molecule has 0 fully saturated rings. The standard InChI is InChI=1S/C13H17ClF3N/c1-2-3-4-8-11(18)9-6-5-7-10(12(9)14)13(15,16)17/h5-7,11H,2-4,8,18H2,1H3/t11-/m1/s1. The molecule has 102 valence electrons. The van der Waals surface area contributed by atoms with E-state index in [4.69, 9.17) is 17.3 Å². The van der Waals surface area contributed by atoms with Gasteiger partial charge in [0, 0.05) is 6.04 Å². The number of hydrogen-bond acceptors (Lipinski definition) is 1. The Kier molecular flexibility index (Phi) is 5.47.